The van der Waals surface area contributed by atoms with Gasteiger partial charge in [0, 0.05) is 5.56 Å². The second kappa shape index (κ2) is 11.2. The van der Waals surface area contributed by atoms with Crippen LogP contribution in [0.1, 0.15) is 29.8 Å². The molecular formula is C21H24BrN3O5. The van der Waals surface area contributed by atoms with Gasteiger partial charge in [0.05, 0.1) is 31.5 Å². The Labute approximate surface area is 183 Å². The zero-order chi connectivity index (χ0) is 22.1. The number of halogens is 1. The van der Waals surface area contributed by atoms with Crippen LogP contribution in [0, 0.1) is 0 Å². The molecule has 0 fully saturated rings. The van der Waals surface area contributed by atoms with Gasteiger partial charge in [-0.3, -0.25) is 9.59 Å². The summed E-state index contributed by atoms with van der Waals surface area (Å²) in [5.74, 6) is 0.953. The maximum atomic E-state index is 12.2. The van der Waals surface area contributed by atoms with E-state index in [9.17, 15) is 9.59 Å². The van der Waals surface area contributed by atoms with E-state index in [1.165, 1.54) is 6.21 Å². The summed E-state index contributed by atoms with van der Waals surface area (Å²) >= 11 is 3.43. The topological polar surface area (TPSA) is 98.2 Å². The van der Waals surface area contributed by atoms with E-state index in [0.29, 0.717) is 39.5 Å². The minimum Gasteiger partial charge on any atom is -0.497 e. The molecule has 0 saturated carbocycles. The summed E-state index contributed by atoms with van der Waals surface area (Å²) in [5, 5.41) is 6.57. The lowest BCUT2D eigenvalue weighted by atomic mass is 10.2. The van der Waals surface area contributed by atoms with Crippen molar-refractivity contribution < 1.29 is 23.8 Å². The molecule has 2 aromatic rings. The van der Waals surface area contributed by atoms with E-state index in [4.69, 9.17) is 14.2 Å². The lowest BCUT2D eigenvalue weighted by Gasteiger charge is -2.13. The molecule has 2 aromatic carbocycles. The number of hydrogen-bond acceptors (Lipinski definition) is 6. The molecule has 0 aliphatic heterocycles. The molecular weight excluding hydrogens is 454 g/mol. The van der Waals surface area contributed by atoms with Gasteiger partial charge in [0.2, 0.25) is 0 Å². The summed E-state index contributed by atoms with van der Waals surface area (Å²) in [4.78, 5) is 24.5. The first-order valence-corrected chi connectivity index (χ1v) is 9.97. The molecule has 0 aromatic heterocycles. The molecule has 2 N–H and O–H groups in total. The van der Waals surface area contributed by atoms with Crippen molar-refractivity contribution in [2.24, 2.45) is 5.10 Å². The largest absolute Gasteiger partial charge is 0.497 e. The van der Waals surface area contributed by atoms with Crippen LogP contribution in [0.25, 0.3) is 0 Å². The predicted octanol–water partition coefficient (Wildman–Crippen LogP) is 3.13. The minimum absolute atomic E-state index is 0.371. The summed E-state index contributed by atoms with van der Waals surface area (Å²) in [5.41, 5.74) is 3.52. The first-order valence-electron chi connectivity index (χ1n) is 9.17. The van der Waals surface area contributed by atoms with Gasteiger partial charge < -0.3 is 19.5 Å². The van der Waals surface area contributed by atoms with Crippen molar-refractivity contribution in [2.45, 2.75) is 19.9 Å². The molecule has 1 atom stereocenters. The van der Waals surface area contributed by atoms with Crippen molar-refractivity contribution >= 4 is 34.0 Å². The quantitative estimate of drug-likeness (QED) is 0.427. The van der Waals surface area contributed by atoms with E-state index in [1.54, 1.807) is 57.5 Å². The van der Waals surface area contributed by atoms with Crippen LogP contribution in [0.3, 0.4) is 0 Å². The summed E-state index contributed by atoms with van der Waals surface area (Å²) in [6, 6.07) is 9.33. The number of ether oxygens (including phenoxy) is 3. The van der Waals surface area contributed by atoms with Crippen molar-refractivity contribution in [2.75, 3.05) is 20.8 Å². The maximum Gasteiger partial charge on any atom is 0.262 e. The van der Waals surface area contributed by atoms with Crippen molar-refractivity contribution in [3.8, 4) is 17.2 Å². The molecule has 0 aliphatic carbocycles. The molecule has 2 amide bonds. The first-order chi connectivity index (χ1) is 14.4. The Kier molecular flexibility index (Phi) is 8.67. The van der Waals surface area contributed by atoms with Crippen LogP contribution in [0.15, 0.2) is 46.0 Å². The number of hydrazone groups is 1. The second-order valence-electron chi connectivity index (χ2n) is 6.13. The third kappa shape index (κ3) is 6.21. The number of nitrogens with zero attached hydrogens (tertiary/aromatic N) is 1. The van der Waals surface area contributed by atoms with Gasteiger partial charge in [0.15, 0.2) is 11.5 Å². The average molecular weight is 478 g/mol. The Morgan fingerprint density at radius 1 is 1.17 bits per heavy atom. The summed E-state index contributed by atoms with van der Waals surface area (Å²) in [6.45, 7) is 3.95. The zero-order valence-corrected chi connectivity index (χ0v) is 18.8. The smallest absolute Gasteiger partial charge is 0.262 e. The Morgan fingerprint density at radius 3 is 2.47 bits per heavy atom. The summed E-state index contributed by atoms with van der Waals surface area (Å²) < 4.78 is 16.6. The Bertz CT molecular complexity index is 916. The van der Waals surface area contributed by atoms with Crippen molar-refractivity contribution in [3.63, 3.8) is 0 Å². The molecule has 8 nitrogen and oxygen atoms in total. The fourth-order valence-electron chi connectivity index (χ4n) is 2.45. The van der Waals surface area contributed by atoms with E-state index in [-0.39, 0.29) is 5.91 Å². The normalized spacial score (nSPS) is 11.6. The first kappa shape index (κ1) is 23.2. The number of carbonyl (C=O) groups is 2. The molecule has 0 radical (unpaired) electrons. The van der Waals surface area contributed by atoms with Crippen molar-refractivity contribution in [1.29, 1.82) is 0 Å². The van der Waals surface area contributed by atoms with Gasteiger partial charge in [0.25, 0.3) is 11.8 Å². The molecule has 1 unspecified atom stereocenters. The Hall–Kier alpha value is -3.07. The third-order valence-electron chi connectivity index (χ3n) is 4.02. The molecule has 30 heavy (non-hydrogen) atoms. The predicted molar refractivity (Wildman–Crippen MR) is 118 cm³/mol. The maximum absolute atomic E-state index is 12.2. The number of carbonyl (C=O) groups excluding carboxylic acids is 2. The highest BCUT2D eigenvalue weighted by Gasteiger charge is 2.16. The van der Waals surface area contributed by atoms with Gasteiger partial charge in [-0.2, -0.15) is 5.10 Å². The number of nitrogens with one attached hydrogen (secondary N) is 2. The van der Waals surface area contributed by atoms with E-state index in [2.05, 4.69) is 31.8 Å². The van der Waals surface area contributed by atoms with Crippen LogP contribution < -0.4 is 25.0 Å². The fourth-order valence-corrected chi connectivity index (χ4v) is 3.03. The highest BCUT2D eigenvalue weighted by Crippen LogP contribution is 2.36. The summed E-state index contributed by atoms with van der Waals surface area (Å²) in [6.07, 6.45) is 1.47. The lowest BCUT2D eigenvalue weighted by Crippen LogP contribution is -2.43. The van der Waals surface area contributed by atoms with Crippen LogP contribution in [-0.4, -0.2) is 44.9 Å². The van der Waals surface area contributed by atoms with E-state index < -0.39 is 11.9 Å². The molecule has 0 bridgehead atoms. The standard InChI is InChI=1S/C21H24BrN3O5/c1-5-30-19-17(22)10-14(11-18(19)29-4)12-23-25-20(26)13(2)24-21(27)15-6-8-16(28-3)9-7-15/h6-13H,5H2,1-4H3,(H,24,27)(H,25,26). The van der Waals surface area contributed by atoms with Crippen LogP contribution >= 0.6 is 15.9 Å². The van der Waals surface area contributed by atoms with Gasteiger partial charge in [-0.05, 0) is 71.7 Å². The van der Waals surface area contributed by atoms with Crippen LogP contribution in [0.5, 0.6) is 17.2 Å². The van der Waals surface area contributed by atoms with Gasteiger partial charge in [-0.25, -0.2) is 5.43 Å². The van der Waals surface area contributed by atoms with Crippen LogP contribution in [0.4, 0.5) is 0 Å². The van der Waals surface area contributed by atoms with Crippen molar-refractivity contribution in [1.82, 2.24) is 10.7 Å². The molecule has 0 heterocycles. The van der Waals surface area contributed by atoms with E-state index in [0.717, 1.165) is 0 Å². The number of hydrogen-bond donors (Lipinski definition) is 2. The molecule has 160 valence electrons. The number of amides is 2. The second-order valence-corrected chi connectivity index (χ2v) is 6.98. The molecule has 0 saturated heterocycles. The molecule has 9 heteroatoms. The molecule has 0 spiro atoms. The zero-order valence-electron chi connectivity index (χ0n) is 17.2. The molecule has 0 aliphatic rings. The van der Waals surface area contributed by atoms with E-state index >= 15 is 0 Å². The van der Waals surface area contributed by atoms with Gasteiger partial charge in [-0.1, -0.05) is 0 Å². The summed E-state index contributed by atoms with van der Waals surface area (Å²) in [7, 11) is 3.09. The highest BCUT2D eigenvalue weighted by atomic mass is 79.9. The number of methoxy groups -OCH3 is 2. The lowest BCUT2D eigenvalue weighted by molar-refractivity contribution is -0.122. The Balaban J connectivity index is 1.96. The monoisotopic (exact) mass is 477 g/mol. The van der Waals surface area contributed by atoms with Gasteiger partial charge in [-0.15, -0.1) is 0 Å². The number of rotatable bonds is 9. The SMILES string of the molecule is CCOc1c(Br)cc(C=NNC(=O)C(C)NC(=O)c2ccc(OC)cc2)cc1OC. The van der Waals surface area contributed by atoms with E-state index in [1.807, 2.05) is 6.92 Å². The van der Waals surface area contributed by atoms with Crippen LogP contribution in [0.2, 0.25) is 0 Å². The third-order valence-corrected chi connectivity index (χ3v) is 4.61. The van der Waals surface area contributed by atoms with Gasteiger partial charge in [0.1, 0.15) is 11.8 Å². The number of benzene rings is 2. The fraction of sp³-hybridized carbons (Fsp3) is 0.286. The molecule has 2 rings (SSSR count). The van der Waals surface area contributed by atoms with Crippen LogP contribution in [-0.2, 0) is 4.79 Å². The highest BCUT2D eigenvalue weighted by molar-refractivity contribution is 9.10. The van der Waals surface area contributed by atoms with Crippen molar-refractivity contribution in [3.05, 3.63) is 52.0 Å². The van der Waals surface area contributed by atoms with Gasteiger partial charge >= 0.3 is 0 Å². The Morgan fingerprint density at radius 2 is 1.87 bits per heavy atom. The minimum atomic E-state index is -0.779. The average Bonchev–Trinajstić information content (AvgIpc) is 2.75.